The molecule has 1 N–H and O–H groups in total. The number of alkyl halides is 3. The summed E-state index contributed by atoms with van der Waals surface area (Å²) < 4.78 is 37.9. The highest BCUT2D eigenvalue weighted by atomic mass is 19.4. The summed E-state index contributed by atoms with van der Waals surface area (Å²) in [6.07, 6.45) is -2.81. The van der Waals surface area contributed by atoms with Gasteiger partial charge < -0.3 is 5.32 Å². The van der Waals surface area contributed by atoms with Crippen LogP contribution in [0.3, 0.4) is 0 Å². The van der Waals surface area contributed by atoms with E-state index in [1.807, 2.05) is 0 Å². The van der Waals surface area contributed by atoms with E-state index in [1.165, 1.54) is 18.3 Å². The number of pyridine rings is 1. The van der Waals surface area contributed by atoms with Crippen LogP contribution in [-0.2, 0) is 0 Å². The average molecular weight is 227 g/mol. The van der Waals surface area contributed by atoms with Gasteiger partial charge in [-0.25, -0.2) is 4.98 Å². The van der Waals surface area contributed by atoms with Gasteiger partial charge in [-0.15, -0.1) is 0 Å². The second-order valence-electron chi connectivity index (χ2n) is 3.75. The summed E-state index contributed by atoms with van der Waals surface area (Å²) in [6.45, 7) is 0. The molecule has 1 aromatic rings. The molecule has 0 atom stereocenters. The summed E-state index contributed by atoms with van der Waals surface area (Å²) in [4.78, 5) is 3.69. The molecule has 0 amide bonds. The number of nitrogens with zero attached hydrogens (tertiary/aromatic N) is 2. The second-order valence-corrected chi connectivity index (χ2v) is 3.75. The molecule has 1 fully saturated rings. The number of aromatic nitrogens is 1. The van der Waals surface area contributed by atoms with Crippen molar-refractivity contribution in [1.82, 2.24) is 4.98 Å². The van der Waals surface area contributed by atoms with Crippen molar-refractivity contribution in [2.24, 2.45) is 0 Å². The first-order valence-corrected chi connectivity index (χ1v) is 4.68. The van der Waals surface area contributed by atoms with Crippen LogP contribution in [0.15, 0.2) is 18.3 Å². The summed E-state index contributed by atoms with van der Waals surface area (Å²) in [5.41, 5.74) is -1.43. The number of hydrogen-bond donors (Lipinski definition) is 1. The third-order valence-corrected chi connectivity index (χ3v) is 2.55. The number of halogens is 3. The highest BCUT2D eigenvalue weighted by molar-refractivity contribution is 5.50. The number of nitriles is 1. The first-order valence-electron chi connectivity index (χ1n) is 4.68. The van der Waals surface area contributed by atoms with Gasteiger partial charge in [0.15, 0.2) is 0 Å². The highest BCUT2D eigenvalue weighted by Gasteiger charge is 2.63. The van der Waals surface area contributed by atoms with Crippen LogP contribution in [0, 0.1) is 11.3 Å². The second kappa shape index (κ2) is 3.37. The lowest BCUT2D eigenvalue weighted by Crippen LogP contribution is -2.38. The third kappa shape index (κ3) is 1.81. The van der Waals surface area contributed by atoms with Crippen LogP contribution >= 0.6 is 0 Å². The van der Waals surface area contributed by atoms with Gasteiger partial charge in [0.05, 0.1) is 0 Å². The molecule has 84 valence electrons. The molecule has 0 spiro atoms. The summed E-state index contributed by atoms with van der Waals surface area (Å²) in [6, 6.07) is 4.51. The predicted octanol–water partition coefficient (Wildman–Crippen LogP) is 2.46. The topological polar surface area (TPSA) is 48.7 Å². The van der Waals surface area contributed by atoms with Gasteiger partial charge in [-0.3, -0.25) is 0 Å². The molecule has 0 saturated heterocycles. The van der Waals surface area contributed by atoms with Crippen LogP contribution in [0.1, 0.15) is 18.5 Å². The molecule has 1 aliphatic carbocycles. The van der Waals surface area contributed by atoms with Crippen LogP contribution in [0.5, 0.6) is 0 Å². The third-order valence-electron chi connectivity index (χ3n) is 2.55. The van der Waals surface area contributed by atoms with Gasteiger partial charge in [0.25, 0.3) is 0 Å². The van der Waals surface area contributed by atoms with E-state index in [1.54, 1.807) is 6.07 Å². The Labute approximate surface area is 89.9 Å². The van der Waals surface area contributed by atoms with Gasteiger partial charge >= 0.3 is 6.18 Å². The number of nitrogens with one attached hydrogen (secondary N) is 1. The van der Waals surface area contributed by atoms with E-state index in [4.69, 9.17) is 5.26 Å². The first-order chi connectivity index (χ1) is 7.47. The quantitative estimate of drug-likeness (QED) is 0.844. The zero-order valence-electron chi connectivity index (χ0n) is 8.17. The maximum Gasteiger partial charge on any atom is 0.411 e. The van der Waals surface area contributed by atoms with Crippen LogP contribution < -0.4 is 5.32 Å². The van der Waals surface area contributed by atoms with Gasteiger partial charge in [0, 0.05) is 11.9 Å². The van der Waals surface area contributed by atoms with Gasteiger partial charge in [0.2, 0.25) is 0 Å². The lowest BCUT2D eigenvalue weighted by Gasteiger charge is -2.21. The van der Waals surface area contributed by atoms with E-state index in [-0.39, 0.29) is 24.2 Å². The Balaban J connectivity index is 2.19. The van der Waals surface area contributed by atoms with Crippen molar-refractivity contribution in [3.05, 3.63) is 24.0 Å². The number of rotatable bonds is 2. The smallest absolute Gasteiger partial charge is 0.371 e. The van der Waals surface area contributed by atoms with Crippen molar-refractivity contribution in [2.45, 2.75) is 24.6 Å². The maximum absolute atomic E-state index is 12.6. The van der Waals surface area contributed by atoms with Crippen LogP contribution in [0.25, 0.3) is 0 Å². The molecule has 0 aliphatic heterocycles. The molecule has 16 heavy (non-hydrogen) atoms. The normalized spacial score (nSPS) is 17.6. The van der Waals surface area contributed by atoms with E-state index in [0.717, 1.165) is 0 Å². The molecule has 0 radical (unpaired) electrons. The zero-order valence-corrected chi connectivity index (χ0v) is 8.17. The fraction of sp³-hybridized carbons (Fsp3) is 0.400. The minimum absolute atomic E-state index is 0.0701. The van der Waals surface area contributed by atoms with E-state index in [2.05, 4.69) is 10.3 Å². The summed E-state index contributed by atoms with van der Waals surface area (Å²) >= 11 is 0. The molecular weight excluding hydrogens is 219 g/mol. The molecule has 1 saturated carbocycles. The maximum atomic E-state index is 12.6. The van der Waals surface area contributed by atoms with Crippen molar-refractivity contribution in [3.63, 3.8) is 0 Å². The van der Waals surface area contributed by atoms with Gasteiger partial charge in [-0.2, -0.15) is 18.4 Å². The van der Waals surface area contributed by atoms with Gasteiger partial charge in [0.1, 0.15) is 17.3 Å². The molecule has 0 unspecified atom stereocenters. The standard InChI is InChI=1S/C10H8F3N3/c11-10(12,13)9(2-3-9)16-7-1-4-15-8(5-7)6-14/h1,4-5H,2-3H2,(H,15,16). The highest BCUT2D eigenvalue weighted by Crippen LogP contribution is 2.51. The minimum atomic E-state index is -4.26. The van der Waals surface area contributed by atoms with Gasteiger partial charge in [-0.1, -0.05) is 0 Å². The SMILES string of the molecule is N#Cc1cc(NC2(C(F)(F)F)CC2)ccn1. The predicted molar refractivity (Wildman–Crippen MR) is 50.6 cm³/mol. The Bertz CT molecular complexity index is 443. The Morgan fingerprint density at radius 1 is 1.44 bits per heavy atom. The summed E-state index contributed by atoms with van der Waals surface area (Å²) in [7, 11) is 0. The Kier molecular flexibility index (Phi) is 2.26. The lowest BCUT2D eigenvalue weighted by atomic mass is 10.2. The van der Waals surface area contributed by atoms with E-state index in [9.17, 15) is 13.2 Å². The van der Waals surface area contributed by atoms with E-state index >= 15 is 0 Å². The van der Waals surface area contributed by atoms with Crippen molar-refractivity contribution in [1.29, 1.82) is 5.26 Å². The molecular formula is C10H8F3N3. The van der Waals surface area contributed by atoms with Crippen molar-refractivity contribution < 1.29 is 13.2 Å². The molecule has 6 heteroatoms. The minimum Gasteiger partial charge on any atom is -0.371 e. The fourth-order valence-corrected chi connectivity index (χ4v) is 1.45. The molecule has 0 aromatic carbocycles. The zero-order chi connectivity index (χ0) is 11.8. The molecule has 2 rings (SSSR count). The molecule has 1 aliphatic rings. The summed E-state index contributed by atoms with van der Waals surface area (Å²) in [5.74, 6) is 0. The molecule has 0 bridgehead atoms. The Hall–Kier alpha value is -1.77. The van der Waals surface area contributed by atoms with Gasteiger partial charge in [-0.05, 0) is 25.0 Å². The fourth-order valence-electron chi connectivity index (χ4n) is 1.45. The molecule has 3 nitrogen and oxygen atoms in total. The van der Waals surface area contributed by atoms with Crippen LogP contribution in [0.2, 0.25) is 0 Å². The largest absolute Gasteiger partial charge is 0.411 e. The lowest BCUT2D eigenvalue weighted by molar-refractivity contribution is -0.151. The number of hydrogen-bond acceptors (Lipinski definition) is 3. The van der Waals surface area contributed by atoms with Crippen molar-refractivity contribution >= 4 is 5.69 Å². The van der Waals surface area contributed by atoms with Crippen LogP contribution in [0.4, 0.5) is 18.9 Å². The average Bonchev–Trinajstić information content (AvgIpc) is 2.98. The Morgan fingerprint density at radius 3 is 2.62 bits per heavy atom. The monoisotopic (exact) mass is 227 g/mol. The van der Waals surface area contributed by atoms with Crippen molar-refractivity contribution in [2.75, 3.05) is 5.32 Å². The Morgan fingerprint density at radius 2 is 2.12 bits per heavy atom. The number of anilines is 1. The van der Waals surface area contributed by atoms with E-state index < -0.39 is 11.7 Å². The molecule has 1 aromatic heterocycles. The van der Waals surface area contributed by atoms with Crippen molar-refractivity contribution in [3.8, 4) is 6.07 Å². The first kappa shape index (κ1) is 10.7. The summed E-state index contributed by atoms with van der Waals surface area (Å²) in [5, 5.41) is 11.0. The van der Waals surface area contributed by atoms with E-state index in [0.29, 0.717) is 0 Å². The van der Waals surface area contributed by atoms with Crippen LogP contribution in [-0.4, -0.2) is 16.7 Å². The molecule has 1 heterocycles.